The second kappa shape index (κ2) is 4.91. The van der Waals surface area contributed by atoms with Gasteiger partial charge in [0, 0.05) is 20.0 Å². The van der Waals surface area contributed by atoms with Gasteiger partial charge in [0.05, 0.1) is 6.20 Å². The normalized spacial score (nSPS) is 10.4. The van der Waals surface area contributed by atoms with Crippen LogP contribution in [0.4, 0.5) is 5.13 Å². The minimum atomic E-state index is -0.955. The molecular weight excluding hydrogens is 242 g/mol. The standard InChI is InChI=1S/C9H11N5O2S/c1-14-5-12-13-7(14)2-3-10-9-11-4-6(17-9)8(15)16/h4-5H,2-3H2,1H3,(H,10,11)(H,15,16). The van der Waals surface area contributed by atoms with Crippen molar-refractivity contribution < 1.29 is 9.90 Å². The minimum Gasteiger partial charge on any atom is -0.477 e. The van der Waals surface area contributed by atoms with E-state index in [-0.39, 0.29) is 4.88 Å². The molecule has 0 radical (unpaired) electrons. The van der Waals surface area contributed by atoms with Gasteiger partial charge in [-0.15, -0.1) is 10.2 Å². The van der Waals surface area contributed by atoms with Crippen LogP contribution in [0.2, 0.25) is 0 Å². The molecule has 0 saturated heterocycles. The maximum Gasteiger partial charge on any atom is 0.347 e. The van der Waals surface area contributed by atoms with Crippen LogP contribution in [0.5, 0.6) is 0 Å². The lowest BCUT2D eigenvalue weighted by atomic mass is 10.4. The number of hydrogen-bond donors (Lipinski definition) is 2. The summed E-state index contributed by atoms with van der Waals surface area (Å²) in [5.41, 5.74) is 0. The Balaban J connectivity index is 1.86. The van der Waals surface area contributed by atoms with Crippen LogP contribution >= 0.6 is 11.3 Å². The van der Waals surface area contributed by atoms with Gasteiger partial charge < -0.3 is 15.0 Å². The first-order chi connectivity index (χ1) is 8.16. The Bertz CT molecular complexity index is 521. The fourth-order valence-electron chi connectivity index (χ4n) is 1.27. The molecule has 0 aliphatic heterocycles. The lowest BCUT2D eigenvalue weighted by molar-refractivity contribution is 0.0702. The van der Waals surface area contributed by atoms with E-state index in [1.54, 1.807) is 6.33 Å². The number of anilines is 1. The Labute approximate surface area is 101 Å². The van der Waals surface area contributed by atoms with Crippen LogP contribution in [0.15, 0.2) is 12.5 Å². The molecule has 0 atom stereocenters. The zero-order chi connectivity index (χ0) is 12.3. The SMILES string of the molecule is Cn1cnnc1CCNc1ncc(C(=O)O)s1. The highest BCUT2D eigenvalue weighted by molar-refractivity contribution is 7.17. The van der Waals surface area contributed by atoms with Gasteiger partial charge in [-0.3, -0.25) is 0 Å². The Morgan fingerprint density at radius 1 is 1.65 bits per heavy atom. The molecule has 2 aromatic heterocycles. The summed E-state index contributed by atoms with van der Waals surface area (Å²) in [6.45, 7) is 0.638. The van der Waals surface area contributed by atoms with Gasteiger partial charge in [0.25, 0.3) is 0 Å². The number of carboxylic acids is 1. The fourth-order valence-corrected chi connectivity index (χ4v) is 1.95. The third-order valence-electron chi connectivity index (χ3n) is 2.15. The molecule has 0 amide bonds. The van der Waals surface area contributed by atoms with E-state index in [1.165, 1.54) is 6.20 Å². The number of thiazole rings is 1. The Morgan fingerprint density at radius 3 is 3.06 bits per heavy atom. The van der Waals surface area contributed by atoms with Crippen molar-refractivity contribution in [3.05, 3.63) is 23.2 Å². The number of nitrogens with zero attached hydrogens (tertiary/aromatic N) is 4. The Kier molecular flexibility index (Phi) is 3.33. The van der Waals surface area contributed by atoms with Crippen LogP contribution in [0, 0.1) is 0 Å². The van der Waals surface area contributed by atoms with Crippen molar-refractivity contribution in [2.45, 2.75) is 6.42 Å². The molecule has 7 nitrogen and oxygen atoms in total. The molecule has 0 aliphatic rings. The monoisotopic (exact) mass is 253 g/mol. The molecule has 2 aromatic rings. The summed E-state index contributed by atoms with van der Waals surface area (Å²) in [5.74, 6) is -0.0867. The summed E-state index contributed by atoms with van der Waals surface area (Å²) in [6.07, 6.45) is 3.69. The maximum atomic E-state index is 10.6. The second-order valence-corrected chi connectivity index (χ2v) is 4.40. The van der Waals surface area contributed by atoms with E-state index in [0.717, 1.165) is 17.2 Å². The van der Waals surface area contributed by atoms with Crippen molar-refractivity contribution in [1.82, 2.24) is 19.7 Å². The quantitative estimate of drug-likeness (QED) is 0.811. The van der Waals surface area contributed by atoms with Crippen molar-refractivity contribution in [2.24, 2.45) is 7.05 Å². The highest BCUT2D eigenvalue weighted by Gasteiger charge is 2.08. The lowest BCUT2D eigenvalue weighted by Gasteiger charge is -2.01. The molecular formula is C9H11N5O2S. The molecule has 17 heavy (non-hydrogen) atoms. The number of aryl methyl sites for hydroxylation is 1. The molecule has 2 N–H and O–H groups in total. The van der Waals surface area contributed by atoms with Crippen molar-refractivity contribution in [3.8, 4) is 0 Å². The van der Waals surface area contributed by atoms with Gasteiger partial charge in [0.15, 0.2) is 5.13 Å². The van der Waals surface area contributed by atoms with Gasteiger partial charge in [-0.2, -0.15) is 0 Å². The molecule has 0 unspecified atom stereocenters. The molecule has 90 valence electrons. The van der Waals surface area contributed by atoms with Gasteiger partial charge in [0.1, 0.15) is 17.0 Å². The van der Waals surface area contributed by atoms with E-state index < -0.39 is 5.97 Å². The molecule has 0 bridgehead atoms. The topological polar surface area (TPSA) is 92.9 Å². The number of carbonyl (C=O) groups is 1. The number of rotatable bonds is 5. The largest absolute Gasteiger partial charge is 0.477 e. The van der Waals surface area contributed by atoms with Crippen LogP contribution in [0.3, 0.4) is 0 Å². The van der Waals surface area contributed by atoms with Crippen LogP contribution < -0.4 is 5.32 Å². The zero-order valence-electron chi connectivity index (χ0n) is 9.12. The van der Waals surface area contributed by atoms with Crippen LogP contribution in [-0.4, -0.2) is 37.4 Å². The smallest absolute Gasteiger partial charge is 0.347 e. The molecule has 0 fully saturated rings. The molecule has 0 aromatic carbocycles. The van der Waals surface area contributed by atoms with Crippen molar-refractivity contribution in [2.75, 3.05) is 11.9 Å². The molecule has 0 saturated carbocycles. The second-order valence-electron chi connectivity index (χ2n) is 3.37. The Morgan fingerprint density at radius 2 is 2.47 bits per heavy atom. The predicted molar refractivity (Wildman–Crippen MR) is 62.3 cm³/mol. The average Bonchev–Trinajstić information content (AvgIpc) is 2.89. The number of hydrogen-bond acceptors (Lipinski definition) is 6. The summed E-state index contributed by atoms with van der Waals surface area (Å²) in [6, 6.07) is 0. The lowest BCUT2D eigenvalue weighted by Crippen LogP contribution is -2.08. The third-order valence-corrected chi connectivity index (χ3v) is 3.09. The first-order valence-corrected chi connectivity index (χ1v) is 5.74. The molecule has 0 aliphatic carbocycles. The molecule has 0 spiro atoms. The summed E-state index contributed by atoms with van der Waals surface area (Å²) in [4.78, 5) is 14.8. The van der Waals surface area contributed by atoms with Gasteiger partial charge in [-0.25, -0.2) is 9.78 Å². The fraction of sp³-hybridized carbons (Fsp3) is 0.333. The van der Waals surface area contributed by atoms with Gasteiger partial charge >= 0.3 is 5.97 Å². The number of aromatic nitrogens is 4. The van der Waals surface area contributed by atoms with Gasteiger partial charge in [-0.05, 0) is 0 Å². The van der Waals surface area contributed by atoms with Gasteiger partial charge in [0.2, 0.25) is 0 Å². The molecule has 8 heteroatoms. The predicted octanol–water partition coefficient (Wildman–Crippen LogP) is 0.624. The molecule has 2 rings (SSSR count). The van der Waals surface area contributed by atoms with Crippen LogP contribution in [-0.2, 0) is 13.5 Å². The van der Waals surface area contributed by atoms with E-state index in [9.17, 15) is 4.79 Å². The first kappa shape index (κ1) is 11.5. The van der Waals surface area contributed by atoms with E-state index >= 15 is 0 Å². The number of nitrogens with one attached hydrogen (secondary N) is 1. The summed E-state index contributed by atoms with van der Waals surface area (Å²) >= 11 is 1.12. The van der Waals surface area contributed by atoms with E-state index in [1.807, 2.05) is 11.6 Å². The zero-order valence-corrected chi connectivity index (χ0v) is 9.94. The first-order valence-electron chi connectivity index (χ1n) is 4.92. The third kappa shape index (κ3) is 2.78. The maximum absolute atomic E-state index is 10.6. The van der Waals surface area contributed by atoms with E-state index in [0.29, 0.717) is 18.1 Å². The number of carboxylic acid groups (broad SMARTS) is 1. The average molecular weight is 253 g/mol. The van der Waals surface area contributed by atoms with E-state index in [2.05, 4.69) is 20.5 Å². The van der Waals surface area contributed by atoms with Crippen LogP contribution in [0.25, 0.3) is 0 Å². The number of aromatic carboxylic acids is 1. The summed E-state index contributed by atoms with van der Waals surface area (Å²) < 4.78 is 1.84. The molecule has 2 heterocycles. The Hall–Kier alpha value is -1.96. The van der Waals surface area contributed by atoms with Crippen molar-refractivity contribution in [3.63, 3.8) is 0 Å². The summed E-state index contributed by atoms with van der Waals surface area (Å²) in [7, 11) is 1.88. The van der Waals surface area contributed by atoms with Crippen LogP contribution in [0.1, 0.15) is 15.5 Å². The minimum absolute atomic E-state index is 0.228. The highest BCUT2D eigenvalue weighted by atomic mass is 32.1. The van der Waals surface area contributed by atoms with Crippen molar-refractivity contribution >= 4 is 22.4 Å². The summed E-state index contributed by atoms with van der Waals surface area (Å²) in [5, 5.41) is 20.1. The van der Waals surface area contributed by atoms with Crippen molar-refractivity contribution in [1.29, 1.82) is 0 Å². The van der Waals surface area contributed by atoms with Gasteiger partial charge in [-0.1, -0.05) is 11.3 Å². The van der Waals surface area contributed by atoms with E-state index in [4.69, 9.17) is 5.11 Å². The highest BCUT2D eigenvalue weighted by Crippen LogP contribution is 2.17.